The van der Waals surface area contributed by atoms with Gasteiger partial charge in [0.15, 0.2) is 0 Å². The van der Waals surface area contributed by atoms with E-state index in [-0.39, 0.29) is 17.9 Å². The molecule has 0 unspecified atom stereocenters. The van der Waals surface area contributed by atoms with Crippen LogP contribution in [0.5, 0.6) is 0 Å². The Hall–Kier alpha value is -0.530. The van der Waals surface area contributed by atoms with Gasteiger partial charge < -0.3 is 5.32 Å². The Morgan fingerprint density at radius 3 is 2.00 bits per heavy atom. The van der Waals surface area contributed by atoms with Crippen LogP contribution in [0.3, 0.4) is 0 Å². The van der Waals surface area contributed by atoms with Gasteiger partial charge in [-0.3, -0.25) is 0 Å². The van der Waals surface area contributed by atoms with Crippen molar-refractivity contribution in [3.05, 3.63) is 33.9 Å². The van der Waals surface area contributed by atoms with Gasteiger partial charge in [-0.15, -0.1) is 12.4 Å². The van der Waals surface area contributed by atoms with Crippen LogP contribution in [0.1, 0.15) is 54.5 Å². The summed E-state index contributed by atoms with van der Waals surface area (Å²) in [5.41, 5.74) is 8.67. The molecule has 2 aliphatic carbocycles. The van der Waals surface area contributed by atoms with Gasteiger partial charge in [-0.1, -0.05) is 6.07 Å². The Morgan fingerprint density at radius 2 is 1.53 bits per heavy atom. The molecule has 1 N–H and O–H groups in total. The van der Waals surface area contributed by atoms with Crippen LogP contribution in [0.4, 0.5) is 0 Å². The molecule has 2 heteroatoms. The summed E-state index contributed by atoms with van der Waals surface area (Å²) in [5.74, 6) is 0. The summed E-state index contributed by atoms with van der Waals surface area (Å²) in [6.45, 7) is 4.64. The third-order valence-corrected chi connectivity index (χ3v) is 4.89. The van der Waals surface area contributed by atoms with Crippen LogP contribution in [-0.2, 0) is 32.1 Å². The minimum atomic E-state index is 0. The Balaban J connectivity index is 0.00000133. The number of aryl methyl sites for hydroxylation is 2. The SMILES string of the molecule is CNC(C)(C)Cc1c2c(cc3c1CCC3)CCC2.Cl. The van der Waals surface area contributed by atoms with Gasteiger partial charge in [0.2, 0.25) is 0 Å². The molecule has 19 heavy (non-hydrogen) atoms. The second kappa shape index (κ2) is 5.46. The zero-order valence-corrected chi connectivity index (χ0v) is 13.3. The van der Waals surface area contributed by atoms with Gasteiger partial charge in [0.1, 0.15) is 0 Å². The van der Waals surface area contributed by atoms with E-state index >= 15 is 0 Å². The Morgan fingerprint density at radius 1 is 1.00 bits per heavy atom. The first-order valence-corrected chi connectivity index (χ1v) is 7.45. The Kier molecular flexibility index (Phi) is 4.27. The third-order valence-electron chi connectivity index (χ3n) is 4.89. The first-order chi connectivity index (χ1) is 8.61. The molecular weight excluding hydrogens is 254 g/mol. The summed E-state index contributed by atoms with van der Waals surface area (Å²) in [7, 11) is 2.09. The fourth-order valence-corrected chi connectivity index (χ4v) is 3.68. The van der Waals surface area contributed by atoms with E-state index in [0.29, 0.717) is 0 Å². The van der Waals surface area contributed by atoms with Crippen molar-refractivity contribution in [1.82, 2.24) is 5.32 Å². The van der Waals surface area contributed by atoms with Crippen LogP contribution in [0.15, 0.2) is 6.07 Å². The van der Waals surface area contributed by atoms with Crippen LogP contribution in [-0.4, -0.2) is 12.6 Å². The third kappa shape index (κ3) is 2.68. The van der Waals surface area contributed by atoms with Crippen molar-refractivity contribution in [1.29, 1.82) is 0 Å². The molecule has 0 saturated carbocycles. The second-order valence-corrected chi connectivity index (χ2v) is 6.65. The van der Waals surface area contributed by atoms with Crippen molar-refractivity contribution in [2.45, 2.75) is 64.3 Å². The minimum absolute atomic E-state index is 0. The normalized spacial score (nSPS) is 17.0. The highest BCUT2D eigenvalue weighted by Gasteiger charge is 2.27. The number of nitrogens with one attached hydrogen (secondary N) is 1. The monoisotopic (exact) mass is 279 g/mol. The maximum atomic E-state index is 3.47. The number of hydrogen-bond acceptors (Lipinski definition) is 1. The highest BCUT2D eigenvalue weighted by molar-refractivity contribution is 5.85. The average molecular weight is 280 g/mol. The standard InChI is InChI=1S/C17H25N.ClH/c1-17(2,18-3)11-16-14-8-4-6-12(14)10-13-7-5-9-15(13)16;/h10,18H,4-9,11H2,1-3H3;1H. The molecule has 2 aliphatic rings. The molecule has 3 rings (SSSR count). The highest BCUT2D eigenvalue weighted by Crippen LogP contribution is 2.36. The number of benzene rings is 1. The van der Waals surface area contributed by atoms with E-state index in [1.54, 1.807) is 27.8 Å². The van der Waals surface area contributed by atoms with Crippen molar-refractivity contribution in [2.24, 2.45) is 0 Å². The van der Waals surface area contributed by atoms with Gasteiger partial charge in [-0.2, -0.15) is 0 Å². The predicted octanol–water partition coefficient (Wildman–Crippen LogP) is 3.63. The molecule has 0 radical (unpaired) electrons. The van der Waals surface area contributed by atoms with Crippen molar-refractivity contribution < 1.29 is 0 Å². The van der Waals surface area contributed by atoms with E-state index < -0.39 is 0 Å². The topological polar surface area (TPSA) is 12.0 Å². The smallest absolute Gasteiger partial charge is 0.0162 e. The van der Waals surface area contributed by atoms with E-state index in [9.17, 15) is 0 Å². The fourth-order valence-electron chi connectivity index (χ4n) is 3.68. The van der Waals surface area contributed by atoms with Gasteiger partial charge in [-0.25, -0.2) is 0 Å². The predicted molar refractivity (Wildman–Crippen MR) is 84.6 cm³/mol. The molecule has 0 atom stereocenters. The number of likely N-dealkylation sites (N-methyl/N-ethyl adjacent to an activating group) is 1. The average Bonchev–Trinajstić information content (AvgIpc) is 2.96. The maximum absolute atomic E-state index is 3.47. The molecular formula is C17H26ClN. The van der Waals surface area contributed by atoms with Gasteiger partial charge in [-0.05, 0) is 93.7 Å². The molecule has 0 fully saturated rings. The fraction of sp³-hybridized carbons (Fsp3) is 0.647. The lowest BCUT2D eigenvalue weighted by Gasteiger charge is -2.27. The summed E-state index contributed by atoms with van der Waals surface area (Å²) >= 11 is 0. The molecule has 0 aliphatic heterocycles. The molecule has 0 spiro atoms. The van der Waals surface area contributed by atoms with E-state index in [0.717, 1.165) is 0 Å². The van der Waals surface area contributed by atoms with Crippen LogP contribution in [0.25, 0.3) is 0 Å². The lowest BCUT2D eigenvalue weighted by atomic mass is 9.86. The van der Waals surface area contributed by atoms with Gasteiger partial charge in [0.25, 0.3) is 0 Å². The molecule has 1 aromatic rings. The van der Waals surface area contributed by atoms with Gasteiger partial charge in [0.05, 0.1) is 0 Å². The minimum Gasteiger partial charge on any atom is -0.314 e. The van der Waals surface area contributed by atoms with E-state index in [1.165, 1.54) is 44.9 Å². The molecule has 0 aromatic heterocycles. The van der Waals surface area contributed by atoms with E-state index in [1.807, 2.05) is 0 Å². The Bertz CT molecular complexity index is 444. The zero-order valence-electron chi connectivity index (χ0n) is 12.4. The molecule has 1 nitrogen and oxygen atoms in total. The summed E-state index contributed by atoms with van der Waals surface area (Å²) in [5, 5.41) is 3.47. The maximum Gasteiger partial charge on any atom is 0.0162 e. The van der Waals surface area contributed by atoms with Gasteiger partial charge >= 0.3 is 0 Å². The molecule has 106 valence electrons. The molecule has 0 bridgehead atoms. The highest BCUT2D eigenvalue weighted by atomic mass is 35.5. The van der Waals surface area contributed by atoms with Crippen molar-refractivity contribution in [3.8, 4) is 0 Å². The number of fused-ring (bicyclic) bond motifs is 2. The molecule has 1 aromatic carbocycles. The summed E-state index contributed by atoms with van der Waals surface area (Å²) in [4.78, 5) is 0. The van der Waals surface area contributed by atoms with Crippen molar-refractivity contribution in [2.75, 3.05) is 7.05 Å². The lowest BCUT2D eigenvalue weighted by Crippen LogP contribution is -2.39. The number of hydrogen-bond donors (Lipinski definition) is 1. The van der Waals surface area contributed by atoms with E-state index in [4.69, 9.17) is 0 Å². The lowest BCUT2D eigenvalue weighted by molar-refractivity contribution is 0.420. The summed E-state index contributed by atoms with van der Waals surface area (Å²) < 4.78 is 0. The first kappa shape index (κ1) is 14.9. The summed E-state index contributed by atoms with van der Waals surface area (Å²) in [6.07, 6.45) is 9.19. The van der Waals surface area contributed by atoms with Crippen molar-refractivity contribution in [3.63, 3.8) is 0 Å². The van der Waals surface area contributed by atoms with Crippen LogP contribution >= 0.6 is 12.4 Å². The van der Waals surface area contributed by atoms with Crippen LogP contribution < -0.4 is 5.32 Å². The van der Waals surface area contributed by atoms with E-state index in [2.05, 4.69) is 32.3 Å². The molecule has 0 amide bonds. The first-order valence-electron chi connectivity index (χ1n) is 7.45. The molecule has 0 saturated heterocycles. The quantitative estimate of drug-likeness (QED) is 0.891. The Labute approximate surface area is 123 Å². The largest absolute Gasteiger partial charge is 0.314 e. The van der Waals surface area contributed by atoms with Gasteiger partial charge in [0, 0.05) is 5.54 Å². The second-order valence-electron chi connectivity index (χ2n) is 6.65. The van der Waals surface area contributed by atoms with Crippen LogP contribution in [0, 0.1) is 0 Å². The summed E-state index contributed by atoms with van der Waals surface area (Å²) in [6, 6.07) is 2.53. The zero-order chi connectivity index (χ0) is 12.8. The van der Waals surface area contributed by atoms with Crippen molar-refractivity contribution >= 4 is 12.4 Å². The molecule has 0 heterocycles. The van der Waals surface area contributed by atoms with Crippen LogP contribution in [0.2, 0.25) is 0 Å². The number of rotatable bonds is 3. The number of halogens is 1.